The summed E-state index contributed by atoms with van der Waals surface area (Å²) in [7, 11) is 0. The average Bonchev–Trinajstić information content (AvgIpc) is 2.37. The van der Waals surface area contributed by atoms with Crippen molar-refractivity contribution in [1.29, 1.82) is 0 Å². The van der Waals surface area contributed by atoms with E-state index in [0.717, 1.165) is 11.3 Å². The maximum Gasteiger partial charge on any atom is 0.119 e. The van der Waals surface area contributed by atoms with Gasteiger partial charge in [0.05, 0.1) is 11.3 Å². The lowest BCUT2D eigenvalue weighted by atomic mass is 9.94. The smallest absolute Gasteiger partial charge is 0.119 e. The molecule has 1 rings (SSSR count). The zero-order chi connectivity index (χ0) is 14.5. The molecule has 0 radical (unpaired) electrons. The van der Waals surface area contributed by atoms with Crippen LogP contribution in [0, 0.1) is 5.92 Å². The Kier molecular flexibility index (Phi) is 5.36. The first-order valence-electron chi connectivity index (χ1n) is 6.47. The normalized spacial score (nSPS) is 15.4. The van der Waals surface area contributed by atoms with Crippen LogP contribution in [0.1, 0.15) is 33.3 Å². The number of hydrogen-bond acceptors (Lipinski definition) is 4. The first kappa shape index (κ1) is 15.5. The Labute approximate surface area is 114 Å². The summed E-state index contributed by atoms with van der Waals surface area (Å²) >= 11 is 0. The maximum atomic E-state index is 10.1. The van der Waals surface area contributed by atoms with Crippen LogP contribution in [0.25, 0.3) is 0 Å². The quantitative estimate of drug-likeness (QED) is 0.472. The summed E-state index contributed by atoms with van der Waals surface area (Å²) in [6.07, 6.45) is 0.612. The lowest BCUT2D eigenvalue weighted by Gasteiger charge is -2.27. The van der Waals surface area contributed by atoms with Gasteiger partial charge in [-0.2, -0.15) is 0 Å². The number of ether oxygens (including phenoxy) is 1. The molecular formula is C15H23NO3. The lowest BCUT2D eigenvalue weighted by Crippen LogP contribution is -2.37. The van der Waals surface area contributed by atoms with E-state index >= 15 is 0 Å². The molecule has 1 aromatic carbocycles. The van der Waals surface area contributed by atoms with Crippen molar-refractivity contribution >= 4 is 5.71 Å². The molecule has 0 aliphatic carbocycles. The van der Waals surface area contributed by atoms with Crippen LogP contribution in [0.15, 0.2) is 29.4 Å². The van der Waals surface area contributed by atoms with Crippen molar-refractivity contribution in [2.45, 2.75) is 39.7 Å². The van der Waals surface area contributed by atoms with E-state index in [9.17, 15) is 5.11 Å². The van der Waals surface area contributed by atoms with E-state index in [2.05, 4.69) is 5.16 Å². The third-order valence-corrected chi connectivity index (χ3v) is 3.33. The molecule has 1 unspecified atom stereocenters. The lowest BCUT2D eigenvalue weighted by molar-refractivity contribution is -0.0266. The van der Waals surface area contributed by atoms with E-state index in [1.165, 1.54) is 0 Å². The number of aliphatic hydroxyl groups is 1. The zero-order valence-electron chi connectivity index (χ0n) is 12.1. The number of nitrogens with zero attached hydrogens (tertiary/aromatic N) is 1. The van der Waals surface area contributed by atoms with E-state index < -0.39 is 5.60 Å². The number of oxime groups is 1. The average molecular weight is 265 g/mol. The molecule has 106 valence electrons. The van der Waals surface area contributed by atoms with Gasteiger partial charge in [-0.15, -0.1) is 0 Å². The van der Waals surface area contributed by atoms with E-state index in [0.29, 0.717) is 12.1 Å². The van der Waals surface area contributed by atoms with Gasteiger partial charge in [0, 0.05) is 6.42 Å². The largest absolute Gasteiger partial charge is 0.491 e. The van der Waals surface area contributed by atoms with Crippen LogP contribution in [-0.2, 0) is 6.42 Å². The third kappa shape index (κ3) is 4.91. The van der Waals surface area contributed by atoms with Crippen molar-refractivity contribution in [3.8, 4) is 5.75 Å². The molecule has 0 saturated carbocycles. The molecule has 0 bridgehead atoms. The van der Waals surface area contributed by atoms with Crippen molar-refractivity contribution < 1.29 is 15.1 Å². The summed E-state index contributed by atoms with van der Waals surface area (Å²) in [5.74, 6) is 0.860. The minimum absolute atomic E-state index is 0.134. The summed E-state index contributed by atoms with van der Waals surface area (Å²) in [5, 5.41) is 21.8. The maximum absolute atomic E-state index is 10.1. The SMILES string of the molecule is C/C(Cc1ccc(OCC(C)(O)C(C)C)cc1)=N\O. The molecule has 4 heteroatoms. The van der Waals surface area contributed by atoms with Crippen molar-refractivity contribution in [3.05, 3.63) is 29.8 Å². The highest BCUT2D eigenvalue weighted by atomic mass is 16.5. The van der Waals surface area contributed by atoms with Gasteiger partial charge in [0.25, 0.3) is 0 Å². The highest BCUT2D eigenvalue weighted by Crippen LogP contribution is 2.19. The van der Waals surface area contributed by atoms with Gasteiger partial charge in [0.15, 0.2) is 0 Å². The minimum atomic E-state index is -0.835. The second-order valence-corrected chi connectivity index (χ2v) is 5.46. The highest BCUT2D eigenvalue weighted by molar-refractivity contribution is 5.83. The van der Waals surface area contributed by atoms with Gasteiger partial charge in [-0.1, -0.05) is 31.1 Å². The summed E-state index contributed by atoms with van der Waals surface area (Å²) in [6.45, 7) is 7.73. The fourth-order valence-electron chi connectivity index (χ4n) is 1.43. The summed E-state index contributed by atoms with van der Waals surface area (Å²) in [4.78, 5) is 0. The number of benzene rings is 1. The molecular weight excluding hydrogens is 242 g/mol. The van der Waals surface area contributed by atoms with Gasteiger partial charge in [-0.3, -0.25) is 0 Å². The van der Waals surface area contributed by atoms with Crippen LogP contribution in [0.5, 0.6) is 5.75 Å². The second kappa shape index (κ2) is 6.57. The zero-order valence-corrected chi connectivity index (χ0v) is 12.1. The molecule has 4 nitrogen and oxygen atoms in total. The van der Waals surface area contributed by atoms with Crippen LogP contribution >= 0.6 is 0 Å². The van der Waals surface area contributed by atoms with Crippen molar-refractivity contribution in [2.75, 3.05) is 6.61 Å². The van der Waals surface area contributed by atoms with Gasteiger partial charge in [-0.25, -0.2) is 0 Å². The van der Waals surface area contributed by atoms with Gasteiger partial charge < -0.3 is 15.1 Å². The van der Waals surface area contributed by atoms with Crippen molar-refractivity contribution in [1.82, 2.24) is 0 Å². The molecule has 1 atom stereocenters. The Bertz CT molecular complexity index is 422. The number of hydrogen-bond donors (Lipinski definition) is 2. The Morgan fingerprint density at radius 3 is 2.37 bits per heavy atom. The van der Waals surface area contributed by atoms with E-state index in [1.54, 1.807) is 13.8 Å². The Morgan fingerprint density at radius 2 is 1.89 bits per heavy atom. The predicted molar refractivity (Wildman–Crippen MR) is 76.0 cm³/mol. The van der Waals surface area contributed by atoms with Gasteiger partial charge >= 0.3 is 0 Å². The standard InChI is InChI=1S/C15H23NO3/c1-11(2)15(4,17)10-19-14-7-5-13(6-8-14)9-12(3)16-18/h5-8,11,17-18H,9-10H2,1-4H3/b16-12+. The Hall–Kier alpha value is -1.55. The van der Waals surface area contributed by atoms with E-state index in [4.69, 9.17) is 9.94 Å². The summed E-state index contributed by atoms with van der Waals surface area (Å²) in [5.41, 5.74) is 0.883. The van der Waals surface area contributed by atoms with Crippen LogP contribution in [0.2, 0.25) is 0 Å². The predicted octanol–water partition coefficient (Wildman–Crippen LogP) is 2.87. The molecule has 0 saturated heterocycles. The molecule has 0 spiro atoms. The third-order valence-electron chi connectivity index (χ3n) is 3.33. The van der Waals surface area contributed by atoms with Crippen LogP contribution in [0.3, 0.4) is 0 Å². The molecule has 0 fully saturated rings. The molecule has 0 aliphatic heterocycles. The molecule has 2 N–H and O–H groups in total. The monoisotopic (exact) mass is 265 g/mol. The highest BCUT2D eigenvalue weighted by Gasteiger charge is 2.25. The molecule has 0 aromatic heterocycles. The van der Waals surface area contributed by atoms with E-state index in [-0.39, 0.29) is 12.5 Å². The molecule has 1 aromatic rings. The topological polar surface area (TPSA) is 62.0 Å². The van der Waals surface area contributed by atoms with Gasteiger partial charge in [0.1, 0.15) is 12.4 Å². The Balaban J connectivity index is 2.58. The van der Waals surface area contributed by atoms with Gasteiger partial charge in [0.2, 0.25) is 0 Å². The van der Waals surface area contributed by atoms with Crippen LogP contribution < -0.4 is 4.74 Å². The minimum Gasteiger partial charge on any atom is -0.491 e. The van der Waals surface area contributed by atoms with E-state index in [1.807, 2.05) is 38.1 Å². The van der Waals surface area contributed by atoms with Crippen LogP contribution in [0.4, 0.5) is 0 Å². The number of rotatable bonds is 6. The fourth-order valence-corrected chi connectivity index (χ4v) is 1.43. The van der Waals surface area contributed by atoms with Crippen molar-refractivity contribution in [2.24, 2.45) is 11.1 Å². The molecule has 0 amide bonds. The van der Waals surface area contributed by atoms with Crippen molar-refractivity contribution in [3.63, 3.8) is 0 Å². The van der Waals surface area contributed by atoms with Crippen LogP contribution in [-0.4, -0.2) is 28.2 Å². The molecule has 19 heavy (non-hydrogen) atoms. The van der Waals surface area contributed by atoms with Gasteiger partial charge in [-0.05, 0) is 37.5 Å². The molecule has 0 heterocycles. The first-order valence-corrected chi connectivity index (χ1v) is 6.47. The summed E-state index contributed by atoms with van der Waals surface area (Å²) < 4.78 is 5.59. The molecule has 0 aliphatic rings. The Morgan fingerprint density at radius 1 is 1.32 bits per heavy atom. The first-order chi connectivity index (χ1) is 8.85. The fraction of sp³-hybridized carbons (Fsp3) is 0.533. The summed E-state index contributed by atoms with van der Waals surface area (Å²) in [6, 6.07) is 7.56. The second-order valence-electron chi connectivity index (χ2n) is 5.46.